The minimum absolute atomic E-state index is 0.409. The molecule has 76 valence electrons. The molecule has 0 unspecified atom stereocenters. The number of benzene rings is 2. The number of aliphatic hydroxyl groups excluding tert-OH is 1. The highest BCUT2D eigenvalue weighted by Crippen LogP contribution is 2.17. The summed E-state index contributed by atoms with van der Waals surface area (Å²) in [7, 11) is 0. The van der Waals surface area contributed by atoms with Gasteiger partial charge in [-0.25, -0.2) is 0 Å². The molecule has 0 amide bonds. The zero-order valence-electron chi connectivity index (χ0n) is 8.51. The van der Waals surface area contributed by atoms with E-state index in [2.05, 4.69) is 0 Å². The Morgan fingerprint density at radius 2 is 1.33 bits per heavy atom. The summed E-state index contributed by atoms with van der Waals surface area (Å²) in [5.41, 5.74) is 2.13. The number of aliphatic hydroxyl groups is 1. The minimum atomic E-state index is -0.409. The van der Waals surface area contributed by atoms with Crippen molar-refractivity contribution < 1.29 is 5.11 Å². The molecular formula is C14H14O. The van der Waals surface area contributed by atoms with Crippen LogP contribution in [0.3, 0.4) is 0 Å². The van der Waals surface area contributed by atoms with Crippen LogP contribution in [0.15, 0.2) is 60.7 Å². The van der Waals surface area contributed by atoms with E-state index in [1.807, 2.05) is 60.7 Å². The summed E-state index contributed by atoms with van der Waals surface area (Å²) in [5, 5.41) is 9.97. The van der Waals surface area contributed by atoms with Crippen LogP contribution in [0.4, 0.5) is 0 Å². The van der Waals surface area contributed by atoms with E-state index >= 15 is 0 Å². The molecular weight excluding hydrogens is 184 g/mol. The van der Waals surface area contributed by atoms with Crippen LogP contribution in [-0.4, -0.2) is 5.11 Å². The lowest BCUT2D eigenvalue weighted by Gasteiger charge is -2.10. The SMILES string of the molecule is O[C@H](Cc1ccccc1)c1ccccc1. The molecule has 0 aliphatic heterocycles. The Bertz CT molecular complexity index is 394. The average Bonchev–Trinajstić information content (AvgIpc) is 2.31. The van der Waals surface area contributed by atoms with Crippen molar-refractivity contribution >= 4 is 0 Å². The Hall–Kier alpha value is -1.60. The van der Waals surface area contributed by atoms with Gasteiger partial charge in [0.05, 0.1) is 6.10 Å². The van der Waals surface area contributed by atoms with Crippen LogP contribution in [0.1, 0.15) is 17.2 Å². The fourth-order valence-electron chi connectivity index (χ4n) is 1.63. The molecule has 1 nitrogen and oxygen atoms in total. The molecule has 0 aromatic heterocycles. The highest BCUT2D eigenvalue weighted by atomic mass is 16.3. The van der Waals surface area contributed by atoms with Crippen molar-refractivity contribution in [2.24, 2.45) is 0 Å². The lowest BCUT2D eigenvalue weighted by Crippen LogP contribution is -2.01. The zero-order chi connectivity index (χ0) is 10.5. The smallest absolute Gasteiger partial charge is 0.0830 e. The van der Waals surface area contributed by atoms with E-state index in [-0.39, 0.29) is 0 Å². The number of hydrogen-bond acceptors (Lipinski definition) is 1. The topological polar surface area (TPSA) is 20.2 Å². The normalized spacial score (nSPS) is 12.3. The highest BCUT2D eigenvalue weighted by Gasteiger charge is 2.06. The van der Waals surface area contributed by atoms with Crippen LogP contribution in [0.5, 0.6) is 0 Å². The van der Waals surface area contributed by atoms with Crippen molar-refractivity contribution in [1.82, 2.24) is 0 Å². The molecule has 0 spiro atoms. The van der Waals surface area contributed by atoms with Gasteiger partial charge in [0.25, 0.3) is 0 Å². The van der Waals surface area contributed by atoms with Gasteiger partial charge in [0.2, 0.25) is 0 Å². The fraction of sp³-hybridized carbons (Fsp3) is 0.143. The molecule has 1 atom stereocenters. The van der Waals surface area contributed by atoms with Gasteiger partial charge in [-0.3, -0.25) is 0 Å². The molecule has 2 aromatic carbocycles. The van der Waals surface area contributed by atoms with Crippen molar-refractivity contribution in [2.45, 2.75) is 12.5 Å². The number of rotatable bonds is 3. The maximum atomic E-state index is 9.97. The summed E-state index contributed by atoms with van der Waals surface area (Å²) in [4.78, 5) is 0. The molecule has 2 aromatic rings. The van der Waals surface area contributed by atoms with E-state index in [9.17, 15) is 5.11 Å². The first-order chi connectivity index (χ1) is 7.36. The molecule has 2 rings (SSSR count). The van der Waals surface area contributed by atoms with Gasteiger partial charge < -0.3 is 5.11 Å². The summed E-state index contributed by atoms with van der Waals surface area (Å²) in [6, 6.07) is 19.8. The van der Waals surface area contributed by atoms with E-state index in [0.29, 0.717) is 6.42 Å². The lowest BCUT2D eigenvalue weighted by molar-refractivity contribution is 0.178. The van der Waals surface area contributed by atoms with E-state index in [1.165, 1.54) is 0 Å². The molecule has 0 heterocycles. The quantitative estimate of drug-likeness (QED) is 0.804. The first kappa shape index (κ1) is 9.94. The second-order valence-electron chi connectivity index (χ2n) is 3.62. The van der Waals surface area contributed by atoms with Crippen LogP contribution in [0.2, 0.25) is 0 Å². The maximum absolute atomic E-state index is 9.97. The largest absolute Gasteiger partial charge is 0.388 e. The van der Waals surface area contributed by atoms with Crippen LogP contribution < -0.4 is 0 Å². The van der Waals surface area contributed by atoms with Crippen molar-refractivity contribution in [1.29, 1.82) is 0 Å². The third-order valence-electron chi connectivity index (χ3n) is 2.46. The maximum Gasteiger partial charge on any atom is 0.0830 e. The van der Waals surface area contributed by atoms with E-state index < -0.39 is 6.10 Å². The summed E-state index contributed by atoms with van der Waals surface area (Å²) in [6.07, 6.45) is 0.263. The highest BCUT2D eigenvalue weighted by molar-refractivity contribution is 5.22. The number of hydrogen-bond donors (Lipinski definition) is 1. The summed E-state index contributed by atoms with van der Waals surface area (Å²) in [5.74, 6) is 0. The van der Waals surface area contributed by atoms with E-state index in [1.54, 1.807) is 0 Å². The van der Waals surface area contributed by atoms with Gasteiger partial charge in [-0.1, -0.05) is 60.7 Å². The summed E-state index contributed by atoms with van der Waals surface area (Å²) in [6.45, 7) is 0. The Balaban J connectivity index is 2.08. The van der Waals surface area contributed by atoms with Gasteiger partial charge in [-0.05, 0) is 11.1 Å². The lowest BCUT2D eigenvalue weighted by atomic mass is 10.0. The standard InChI is InChI=1S/C14H14O/c15-14(13-9-5-2-6-10-13)11-12-7-3-1-4-8-12/h1-10,14-15H,11H2/t14-/m1/s1. The molecule has 0 radical (unpaired) electrons. The van der Waals surface area contributed by atoms with E-state index in [0.717, 1.165) is 11.1 Å². The van der Waals surface area contributed by atoms with Crippen molar-refractivity contribution in [2.75, 3.05) is 0 Å². The van der Waals surface area contributed by atoms with Crippen LogP contribution in [0, 0.1) is 0 Å². The van der Waals surface area contributed by atoms with Crippen molar-refractivity contribution in [3.63, 3.8) is 0 Å². The summed E-state index contributed by atoms with van der Waals surface area (Å²) < 4.78 is 0. The van der Waals surface area contributed by atoms with Crippen LogP contribution >= 0.6 is 0 Å². The van der Waals surface area contributed by atoms with Crippen LogP contribution in [0.25, 0.3) is 0 Å². The monoisotopic (exact) mass is 198 g/mol. The van der Waals surface area contributed by atoms with Gasteiger partial charge >= 0.3 is 0 Å². The Labute approximate surface area is 90.0 Å². The second-order valence-corrected chi connectivity index (χ2v) is 3.62. The molecule has 0 aliphatic carbocycles. The first-order valence-electron chi connectivity index (χ1n) is 5.13. The zero-order valence-corrected chi connectivity index (χ0v) is 8.51. The molecule has 0 aliphatic rings. The predicted molar refractivity (Wildman–Crippen MR) is 61.5 cm³/mol. The van der Waals surface area contributed by atoms with Gasteiger partial charge in [0.1, 0.15) is 0 Å². The molecule has 0 saturated carbocycles. The molecule has 1 heteroatoms. The van der Waals surface area contributed by atoms with Crippen LogP contribution in [-0.2, 0) is 6.42 Å². The molecule has 1 N–H and O–H groups in total. The Kier molecular flexibility index (Phi) is 3.15. The van der Waals surface area contributed by atoms with Crippen molar-refractivity contribution in [3.8, 4) is 0 Å². The van der Waals surface area contributed by atoms with E-state index in [4.69, 9.17) is 0 Å². The van der Waals surface area contributed by atoms with Gasteiger partial charge in [-0.2, -0.15) is 0 Å². The molecule has 0 bridgehead atoms. The van der Waals surface area contributed by atoms with Gasteiger partial charge in [-0.15, -0.1) is 0 Å². The molecule has 0 saturated heterocycles. The second kappa shape index (κ2) is 4.76. The Morgan fingerprint density at radius 3 is 1.93 bits per heavy atom. The molecule has 15 heavy (non-hydrogen) atoms. The summed E-state index contributed by atoms with van der Waals surface area (Å²) >= 11 is 0. The third kappa shape index (κ3) is 2.67. The predicted octanol–water partition coefficient (Wildman–Crippen LogP) is 2.96. The van der Waals surface area contributed by atoms with Gasteiger partial charge in [0.15, 0.2) is 0 Å². The minimum Gasteiger partial charge on any atom is -0.388 e. The average molecular weight is 198 g/mol. The molecule has 0 fully saturated rings. The Morgan fingerprint density at radius 1 is 0.800 bits per heavy atom. The first-order valence-corrected chi connectivity index (χ1v) is 5.13. The van der Waals surface area contributed by atoms with Gasteiger partial charge in [0, 0.05) is 6.42 Å². The third-order valence-corrected chi connectivity index (χ3v) is 2.46. The fourth-order valence-corrected chi connectivity index (χ4v) is 1.63. The van der Waals surface area contributed by atoms with Crippen molar-refractivity contribution in [3.05, 3.63) is 71.8 Å².